The van der Waals surface area contributed by atoms with Crippen LogP contribution in [-0.2, 0) is 20.0 Å². The van der Waals surface area contributed by atoms with Gasteiger partial charge in [-0.15, -0.1) is 11.3 Å². The van der Waals surface area contributed by atoms with E-state index in [1.54, 1.807) is 31.2 Å². The van der Waals surface area contributed by atoms with Crippen molar-refractivity contribution < 1.29 is 16.8 Å². The quantitative estimate of drug-likeness (QED) is 0.499. The van der Waals surface area contributed by atoms with E-state index in [1.165, 1.54) is 35.6 Å². The summed E-state index contributed by atoms with van der Waals surface area (Å²) in [6, 6.07) is 16.0. The second-order valence-electron chi connectivity index (χ2n) is 7.10. The fraction of sp³-hybridized carbons (Fsp3) is 0.190. The Balaban J connectivity index is 1.74. The Bertz CT molecular complexity index is 1350. The topological polar surface area (TPSA) is 95.9 Å². The summed E-state index contributed by atoms with van der Waals surface area (Å²) >= 11 is 7.38. The van der Waals surface area contributed by atoms with E-state index in [9.17, 15) is 16.8 Å². The van der Waals surface area contributed by atoms with Crippen LogP contribution >= 0.6 is 22.9 Å². The number of nitrogens with zero attached hydrogens (tertiary/aromatic N) is 2. The number of hydrazone groups is 1. The molecule has 0 saturated heterocycles. The minimum Gasteiger partial charge on any atom is -0.284 e. The summed E-state index contributed by atoms with van der Waals surface area (Å²) in [7, 11) is -7.37. The fourth-order valence-corrected chi connectivity index (χ4v) is 6.37. The number of thiophene rings is 1. The van der Waals surface area contributed by atoms with Crippen LogP contribution in [0.15, 0.2) is 76.0 Å². The Morgan fingerprint density at radius 1 is 1.09 bits per heavy atom. The van der Waals surface area contributed by atoms with E-state index in [2.05, 4.69) is 9.82 Å². The van der Waals surface area contributed by atoms with Crippen molar-refractivity contribution in [1.82, 2.24) is 4.41 Å². The lowest BCUT2D eigenvalue weighted by molar-refractivity contribution is 0.375. The molecule has 3 aromatic rings. The van der Waals surface area contributed by atoms with E-state index in [4.69, 9.17) is 11.6 Å². The average Bonchev–Trinajstić information content (AvgIpc) is 3.44. The van der Waals surface area contributed by atoms with Crippen molar-refractivity contribution in [3.05, 3.63) is 81.5 Å². The number of benzene rings is 2. The van der Waals surface area contributed by atoms with Gasteiger partial charge in [-0.25, -0.2) is 8.42 Å². The highest BCUT2D eigenvalue weighted by molar-refractivity contribution is 7.92. The minimum atomic E-state index is -3.93. The van der Waals surface area contributed by atoms with Gasteiger partial charge in [0.15, 0.2) is 0 Å². The highest BCUT2D eigenvalue weighted by Gasteiger charge is 2.38. The molecule has 2 heterocycles. The van der Waals surface area contributed by atoms with Crippen LogP contribution in [0.2, 0.25) is 5.02 Å². The Hall–Kier alpha value is -2.40. The number of rotatable bonds is 7. The SMILES string of the molecule is CCS(=O)(=O)Nc1cccc(C2=NN(S(=O)(=O)c3ccc(Cl)cc3)C(c3cccs3)C2)c1. The number of sulfonamides is 2. The van der Waals surface area contributed by atoms with Gasteiger partial charge in [-0.05, 0) is 60.3 Å². The van der Waals surface area contributed by atoms with Gasteiger partial charge >= 0.3 is 0 Å². The molecule has 1 unspecified atom stereocenters. The maximum atomic E-state index is 13.4. The average molecular weight is 510 g/mol. The Morgan fingerprint density at radius 2 is 1.84 bits per heavy atom. The van der Waals surface area contributed by atoms with E-state index in [1.807, 2.05) is 17.5 Å². The highest BCUT2D eigenvalue weighted by Crippen LogP contribution is 2.39. The lowest BCUT2D eigenvalue weighted by Gasteiger charge is -2.22. The van der Waals surface area contributed by atoms with Crippen molar-refractivity contribution in [2.45, 2.75) is 24.3 Å². The standard InChI is InChI=1S/C21H20ClN3O4S3/c1-2-31(26,27)24-17-6-3-5-15(13-17)19-14-20(21-7-4-12-30-21)25(23-19)32(28,29)18-10-8-16(22)9-11-18/h3-13,20,24H,2,14H2,1H3. The van der Waals surface area contributed by atoms with Crippen molar-refractivity contribution in [2.24, 2.45) is 5.10 Å². The number of nitrogens with one attached hydrogen (secondary N) is 1. The minimum absolute atomic E-state index is 0.0499. The molecule has 0 aliphatic carbocycles. The van der Waals surface area contributed by atoms with Gasteiger partial charge in [0.2, 0.25) is 10.0 Å². The largest absolute Gasteiger partial charge is 0.284 e. The number of hydrogen-bond donors (Lipinski definition) is 1. The summed E-state index contributed by atoms with van der Waals surface area (Å²) in [6.07, 6.45) is 0.358. The predicted molar refractivity (Wildman–Crippen MR) is 128 cm³/mol. The van der Waals surface area contributed by atoms with Crippen LogP contribution < -0.4 is 4.72 Å². The molecule has 0 fully saturated rings. The molecule has 0 saturated carbocycles. The molecule has 0 bridgehead atoms. The van der Waals surface area contributed by atoms with Crippen LogP contribution in [0.3, 0.4) is 0 Å². The zero-order valence-corrected chi connectivity index (χ0v) is 20.2. The van der Waals surface area contributed by atoms with Gasteiger partial charge in [0.25, 0.3) is 10.0 Å². The molecule has 168 valence electrons. The van der Waals surface area contributed by atoms with Crippen molar-refractivity contribution in [1.29, 1.82) is 0 Å². The van der Waals surface area contributed by atoms with Gasteiger partial charge in [0, 0.05) is 22.0 Å². The zero-order valence-electron chi connectivity index (χ0n) is 17.0. The van der Waals surface area contributed by atoms with Crippen LogP contribution in [0.1, 0.15) is 29.8 Å². The summed E-state index contributed by atoms with van der Waals surface area (Å²) in [6.45, 7) is 1.55. The first kappa shape index (κ1) is 22.8. The summed E-state index contributed by atoms with van der Waals surface area (Å²) in [4.78, 5) is 0.960. The maximum absolute atomic E-state index is 13.4. The summed E-state index contributed by atoms with van der Waals surface area (Å²) in [5.41, 5.74) is 1.61. The molecule has 1 aliphatic rings. The third kappa shape index (κ3) is 4.68. The van der Waals surface area contributed by atoms with Gasteiger partial charge in [0.1, 0.15) is 6.04 Å². The second kappa shape index (κ2) is 8.86. The van der Waals surface area contributed by atoms with Gasteiger partial charge in [-0.2, -0.15) is 17.9 Å². The second-order valence-corrected chi connectivity index (χ2v) is 12.3. The van der Waals surface area contributed by atoms with Crippen molar-refractivity contribution >= 4 is 54.4 Å². The molecule has 2 aromatic carbocycles. The molecule has 4 rings (SSSR count). The molecule has 1 aliphatic heterocycles. The van der Waals surface area contributed by atoms with Crippen molar-refractivity contribution in [3.8, 4) is 0 Å². The molecule has 0 radical (unpaired) electrons. The molecule has 1 atom stereocenters. The molecule has 0 amide bonds. The van der Waals surface area contributed by atoms with Crippen molar-refractivity contribution in [3.63, 3.8) is 0 Å². The molecule has 0 spiro atoms. The van der Waals surface area contributed by atoms with E-state index in [-0.39, 0.29) is 10.6 Å². The van der Waals surface area contributed by atoms with Gasteiger partial charge < -0.3 is 0 Å². The third-order valence-corrected chi connectivity index (χ3v) is 9.18. The van der Waals surface area contributed by atoms with E-state index in [0.717, 1.165) is 9.29 Å². The number of hydrogen-bond acceptors (Lipinski definition) is 6. The number of halogens is 1. The highest BCUT2D eigenvalue weighted by atomic mass is 35.5. The zero-order chi connectivity index (χ0) is 22.9. The first-order valence-electron chi connectivity index (χ1n) is 9.71. The smallest absolute Gasteiger partial charge is 0.279 e. The first-order chi connectivity index (χ1) is 15.2. The lowest BCUT2D eigenvalue weighted by Crippen LogP contribution is -2.26. The maximum Gasteiger partial charge on any atom is 0.279 e. The van der Waals surface area contributed by atoms with Crippen LogP contribution in [0.4, 0.5) is 5.69 Å². The summed E-state index contributed by atoms with van der Waals surface area (Å²) in [5, 5.41) is 6.81. The molecular formula is C21H20ClN3O4S3. The predicted octanol–water partition coefficient (Wildman–Crippen LogP) is 4.70. The fourth-order valence-electron chi connectivity index (χ4n) is 3.31. The van der Waals surface area contributed by atoms with Crippen LogP contribution in [0.25, 0.3) is 0 Å². The molecule has 1 N–H and O–H groups in total. The molecule has 11 heteroatoms. The molecule has 1 aromatic heterocycles. The van der Waals surface area contributed by atoms with Gasteiger partial charge in [-0.1, -0.05) is 29.8 Å². The third-order valence-electron chi connectivity index (χ3n) is 4.95. The Morgan fingerprint density at radius 3 is 2.50 bits per heavy atom. The van der Waals surface area contributed by atoms with Crippen molar-refractivity contribution in [2.75, 3.05) is 10.5 Å². The Labute approximate surface area is 196 Å². The summed E-state index contributed by atoms with van der Waals surface area (Å²) < 4.78 is 54.4. The number of anilines is 1. The summed E-state index contributed by atoms with van der Waals surface area (Å²) in [5.74, 6) is -0.0499. The molecular weight excluding hydrogens is 490 g/mol. The lowest BCUT2D eigenvalue weighted by atomic mass is 10.0. The van der Waals surface area contributed by atoms with E-state index >= 15 is 0 Å². The van der Waals surface area contributed by atoms with E-state index < -0.39 is 26.1 Å². The van der Waals surface area contributed by atoms with Gasteiger partial charge in [0.05, 0.1) is 16.4 Å². The normalized spacial score (nSPS) is 16.8. The molecule has 7 nitrogen and oxygen atoms in total. The van der Waals surface area contributed by atoms with Gasteiger partial charge in [-0.3, -0.25) is 4.72 Å². The van der Waals surface area contributed by atoms with E-state index in [0.29, 0.717) is 28.4 Å². The molecule has 32 heavy (non-hydrogen) atoms. The monoisotopic (exact) mass is 509 g/mol. The van der Waals surface area contributed by atoms with Crippen LogP contribution in [0.5, 0.6) is 0 Å². The Kier molecular flexibility index (Phi) is 6.30. The van der Waals surface area contributed by atoms with Crippen LogP contribution in [-0.4, -0.2) is 32.7 Å². The van der Waals surface area contributed by atoms with Crippen LogP contribution in [0, 0.1) is 0 Å². The first-order valence-corrected chi connectivity index (χ1v) is 14.1.